The summed E-state index contributed by atoms with van der Waals surface area (Å²) in [6, 6.07) is 7.40. The molecule has 1 aliphatic heterocycles. The predicted molar refractivity (Wildman–Crippen MR) is 107 cm³/mol. The molecule has 148 valence electrons. The van der Waals surface area contributed by atoms with Crippen molar-refractivity contribution >= 4 is 34.4 Å². The number of nitrogens with zero attached hydrogens (tertiary/aromatic N) is 2. The van der Waals surface area contributed by atoms with Gasteiger partial charge in [-0.15, -0.1) is 11.3 Å². The summed E-state index contributed by atoms with van der Waals surface area (Å²) in [7, 11) is 0. The molecular weight excluding hydrogens is 392 g/mol. The Morgan fingerprint density at radius 3 is 2.76 bits per heavy atom. The van der Waals surface area contributed by atoms with Crippen LogP contribution >= 0.6 is 11.3 Å². The van der Waals surface area contributed by atoms with Gasteiger partial charge in [-0.2, -0.15) is 10.4 Å². The van der Waals surface area contributed by atoms with Gasteiger partial charge < -0.3 is 14.8 Å². The first-order chi connectivity index (χ1) is 14.2. The average Bonchev–Trinajstić information content (AvgIpc) is 3.10. The van der Waals surface area contributed by atoms with Gasteiger partial charge in [0.25, 0.3) is 0 Å². The monoisotopic (exact) mass is 410 g/mol. The second kappa shape index (κ2) is 8.32. The number of hydrazone groups is 1. The molecular formula is C20H18N4O4S. The van der Waals surface area contributed by atoms with Gasteiger partial charge in [-0.25, -0.2) is 5.43 Å². The van der Waals surface area contributed by atoms with E-state index in [0.717, 1.165) is 36.1 Å². The summed E-state index contributed by atoms with van der Waals surface area (Å²) in [5.74, 6) is -0.507. The zero-order valence-electron chi connectivity index (χ0n) is 15.5. The van der Waals surface area contributed by atoms with Gasteiger partial charge in [-0.1, -0.05) is 0 Å². The Hall–Kier alpha value is -3.38. The first-order valence-corrected chi connectivity index (χ1v) is 10.1. The fraction of sp³-hybridized carbons (Fsp3) is 0.300. The number of carbonyl (C=O) groups excluding carboxylic acids is 2. The highest BCUT2D eigenvalue weighted by Crippen LogP contribution is 2.37. The number of ether oxygens (including phenoxy) is 2. The Bertz CT molecular complexity index is 1040. The largest absolute Gasteiger partial charge is 0.486 e. The Labute approximate surface area is 171 Å². The average molecular weight is 410 g/mol. The van der Waals surface area contributed by atoms with Gasteiger partial charge >= 0.3 is 11.8 Å². The van der Waals surface area contributed by atoms with Crippen LogP contribution in [0.15, 0.2) is 23.3 Å². The molecule has 4 rings (SSSR count). The number of anilines is 1. The first kappa shape index (κ1) is 19.0. The highest BCUT2D eigenvalue weighted by Gasteiger charge is 2.23. The maximum Gasteiger partial charge on any atom is 0.329 e. The molecule has 2 N–H and O–H groups in total. The molecule has 0 atom stereocenters. The van der Waals surface area contributed by atoms with Gasteiger partial charge in [0.15, 0.2) is 11.5 Å². The molecule has 0 fully saturated rings. The molecule has 1 aromatic heterocycles. The SMILES string of the molecule is N#Cc1c(NC(=O)C(=O)N/N=C/c2ccc3c(c2)OCCO3)sc2c1CCCC2. The summed E-state index contributed by atoms with van der Waals surface area (Å²) in [6.45, 7) is 0.980. The van der Waals surface area contributed by atoms with Crippen LogP contribution in [0.25, 0.3) is 0 Å². The maximum atomic E-state index is 12.2. The summed E-state index contributed by atoms with van der Waals surface area (Å²) in [6.07, 6.45) is 5.24. The molecule has 2 aliphatic rings. The first-order valence-electron chi connectivity index (χ1n) is 9.24. The number of nitriles is 1. The molecule has 1 aromatic carbocycles. The molecule has 2 amide bonds. The van der Waals surface area contributed by atoms with Crippen LogP contribution in [0.3, 0.4) is 0 Å². The lowest BCUT2D eigenvalue weighted by Gasteiger charge is -2.18. The zero-order valence-corrected chi connectivity index (χ0v) is 16.3. The molecule has 2 heterocycles. The van der Waals surface area contributed by atoms with Crippen LogP contribution in [-0.4, -0.2) is 31.2 Å². The minimum absolute atomic E-state index is 0.426. The Kier molecular flexibility index (Phi) is 5.44. The van der Waals surface area contributed by atoms with Crippen LogP contribution in [-0.2, 0) is 22.4 Å². The van der Waals surface area contributed by atoms with Gasteiger partial charge in [-0.3, -0.25) is 9.59 Å². The van der Waals surface area contributed by atoms with E-state index in [1.165, 1.54) is 17.6 Å². The van der Waals surface area contributed by atoms with Crippen LogP contribution in [0, 0.1) is 11.3 Å². The van der Waals surface area contributed by atoms with Gasteiger partial charge in [0.05, 0.1) is 11.8 Å². The molecule has 2 aromatic rings. The van der Waals surface area contributed by atoms with E-state index in [4.69, 9.17) is 9.47 Å². The second-order valence-corrected chi connectivity index (χ2v) is 7.69. The molecule has 0 unspecified atom stereocenters. The second-order valence-electron chi connectivity index (χ2n) is 6.58. The molecule has 8 nitrogen and oxygen atoms in total. The summed E-state index contributed by atoms with van der Waals surface area (Å²) in [5, 5.41) is 16.2. The molecule has 0 bridgehead atoms. The van der Waals surface area contributed by atoms with Crippen LogP contribution in [0.4, 0.5) is 5.00 Å². The predicted octanol–water partition coefficient (Wildman–Crippen LogP) is 2.36. The maximum absolute atomic E-state index is 12.2. The number of aryl methyl sites for hydroxylation is 1. The smallest absolute Gasteiger partial charge is 0.329 e. The zero-order chi connectivity index (χ0) is 20.2. The number of rotatable bonds is 3. The third kappa shape index (κ3) is 4.07. The lowest BCUT2D eigenvalue weighted by atomic mass is 9.96. The van der Waals surface area contributed by atoms with E-state index < -0.39 is 11.8 Å². The van der Waals surface area contributed by atoms with E-state index in [-0.39, 0.29) is 0 Å². The van der Waals surface area contributed by atoms with Gasteiger partial charge in [0, 0.05) is 4.88 Å². The fourth-order valence-corrected chi connectivity index (χ4v) is 4.52. The van der Waals surface area contributed by atoms with Crippen LogP contribution in [0.2, 0.25) is 0 Å². The van der Waals surface area contributed by atoms with Crippen molar-refractivity contribution < 1.29 is 19.1 Å². The molecule has 0 saturated heterocycles. The molecule has 29 heavy (non-hydrogen) atoms. The van der Waals surface area contributed by atoms with E-state index in [9.17, 15) is 14.9 Å². The quantitative estimate of drug-likeness (QED) is 0.458. The summed E-state index contributed by atoms with van der Waals surface area (Å²) in [5.41, 5.74) is 4.35. The van der Waals surface area contributed by atoms with E-state index in [2.05, 4.69) is 21.9 Å². The Balaban J connectivity index is 1.38. The third-order valence-corrected chi connectivity index (χ3v) is 5.87. The van der Waals surface area contributed by atoms with Crippen LogP contribution in [0.1, 0.15) is 34.4 Å². The minimum atomic E-state index is -0.908. The van der Waals surface area contributed by atoms with E-state index in [1.807, 2.05) is 0 Å². The highest BCUT2D eigenvalue weighted by atomic mass is 32.1. The van der Waals surface area contributed by atoms with Crippen LogP contribution in [0.5, 0.6) is 11.5 Å². The number of carbonyl (C=O) groups is 2. The molecule has 1 aliphatic carbocycles. The molecule has 9 heteroatoms. The van der Waals surface area contributed by atoms with Crippen molar-refractivity contribution in [2.75, 3.05) is 18.5 Å². The van der Waals surface area contributed by atoms with Crippen molar-refractivity contribution in [1.82, 2.24) is 5.43 Å². The number of benzene rings is 1. The van der Waals surface area contributed by atoms with Crippen molar-refractivity contribution in [3.05, 3.63) is 39.8 Å². The fourth-order valence-electron chi connectivity index (χ4n) is 3.29. The number of hydrogen-bond donors (Lipinski definition) is 2. The minimum Gasteiger partial charge on any atom is -0.486 e. The number of hydrogen-bond acceptors (Lipinski definition) is 7. The summed E-state index contributed by atoms with van der Waals surface area (Å²) < 4.78 is 10.9. The number of nitrogens with one attached hydrogen (secondary N) is 2. The van der Waals surface area contributed by atoms with Crippen molar-refractivity contribution in [2.24, 2.45) is 5.10 Å². The van der Waals surface area contributed by atoms with Gasteiger partial charge in [-0.05, 0) is 55.0 Å². The van der Waals surface area contributed by atoms with Gasteiger partial charge in [0.2, 0.25) is 0 Å². The lowest BCUT2D eigenvalue weighted by Crippen LogP contribution is -2.32. The Morgan fingerprint density at radius 2 is 1.93 bits per heavy atom. The molecule has 0 spiro atoms. The van der Waals surface area contributed by atoms with E-state index >= 15 is 0 Å². The number of thiophene rings is 1. The highest BCUT2D eigenvalue weighted by molar-refractivity contribution is 7.16. The summed E-state index contributed by atoms with van der Waals surface area (Å²) >= 11 is 1.37. The van der Waals surface area contributed by atoms with Crippen molar-refractivity contribution in [1.29, 1.82) is 5.26 Å². The topological polar surface area (TPSA) is 113 Å². The normalized spacial score (nSPS) is 14.7. The standard InChI is InChI=1S/C20H18N4O4S/c21-10-14-13-3-1-2-4-17(13)29-20(14)23-18(25)19(26)24-22-11-12-5-6-15-16(9-12)28-8-7-27-15/h5-6,9,11H,1-4,7-8H2,(H,23,25)(H,24,26)/b22-11+. The van der Waals surface area contributed by atoms with Crippen molar-refractivity contribution in [3.8, 4) is 17.6 Å². The van der Waals surface area contributed by atoms with Gasteiger partial charge in [0.1, 0.15) is 24.3 Å². The third-order valence-electron chi connectivity index (χ3n) is 4.66. The Morgan fingerprint density at radius 1 is 1.14 bits per heavy atom. The lowest BCUT2D eigenvalue weighted by molar-refractivity contribution is -0.136. The number of fused-ring (bicyclic) bond motifs is 2. The molecule has 0 radical (unpaired) electrons. The molecule has 0 saturated carbocycles. The number of amides is 2. The van der Waals surface area contributed by atoms with Crippen LogP contribution < -0.4 is 20.2 Å². The summed E-state index contributed by atoms with van der Waals surface area (Å²) in [4.78, 5) is 25.4. The van der Waals surface area contributed by atoms with E-state index in [0.29, 0.717) is 40.8 Å². The van der Waals surface area contributed by atoms with Crippen molar-refractivity contribution in [3.63, 3.8) is 0 Å². The van der Waals surface area contributed by atoms with E-state index in [1.54, 1.807) is 18.2 Å². The van der Waals surface area contributed by atoms with Crippen molar-refractivity contribution in [2.45, 2.75) is 25.7 Å².